The van der Waals surface area contributed by atoms with Gasteiger partial charge in [-0.1, -0.05) is 47.5 Å². The maximum absolute atomic E-state index is 12.6. The number of nitrogens with zero attached hydrogens (tertiary/aromatic N) is 1. The number of fused-ring (bicyclic) bond motifs is 1. The Balaban J connectivity index is 1.84. The third-order valence-electron chi connectivity index (χ3n) is 4.28. The van der Waals surface area contributed by atoms with Crippen LogP contribution in [0.3, 0.4) is 0 Å². The van der Waals surface area contributed by atoms with Crippen LogP contribution in [0, 0.1) is 0 Å². The summed E-state index contributed by atoms with van der Waals surface area (Å²) in [5.74, 6) is 0.159. The van der Waals surface area contributed by atoms with Crippen LogP contribution < -0.4 is 11.3 Å². The normalized spacial score (nSPS) is 11.1. The average Bonchev–Trinajstić information content (AvgIpc) is 2.67. The summed E-state index contributed by atoms with van der Waals surface area (Å²) in [5.41, 5.74) is 9.17. The Kier molecular flexibility index (Phi) is 4.70. The SMILES string of the molecule is NCc1cccc(-c2ccc3oc(-c4ccc(Cl)cc4Cl)nc(=O)c3c2)c1. The van der Waals surface area contributed by atoms with E-state index in [9.17, 15) is 4.79 Å². The molecule has 1 aromatic heterocycles. The summed E-state index contributed by atoms with van der Waals surface area (Å²) in [5, 5.41) is 1.27. The summed E-state index contributed by atoms with van der Waals surface area (Å²) in [6.07, 6.45) is 0. The third kappa shape index (κ3) is 3.47. The van der Waals surface area contributed by atoms with Crippen LogP contribution in [0.2, 0.25) is 10.0 Å². The van der Waals surface area contributed by atoms with Crippen molar-refractivity contribution in [1.29, 1.82) is 0 Å². The van der Waals surface area contributed by atoms with E-state index in [1.165, 1.54) is 0 Å². The van der Waals surface area contributed by atoms with Gasteiger partial charge in [-0.05, 0) is 53.1 Å². The van der Waals surface area contributed by atoms with E-state index in [-0.39, 0.29) is 11.4 Å². The van der Waals surface area contributed by atoms with Gasteiger partial charge in [-0.2, -0.15) is 4.98 Å². The molecule has 134 valence electrons. The number of aromatic nitrogens is 1. The number of nitrogens with two attached hydrogens (primary N) is 1. The highest BCUT2D eigenvalue weighted by Crippen LogP contribution is 2.31. The highest BCUT2D eigenvalue weighted by atomic mass is 35.5. The first-order valence-corrected chi connectivity index (χ1v) is 9.00. The topological polar surface area (TPSA) is 69.1 Å². The van der Waals surface area contributed by atoms with Gasteiger partial charge in [-0.25, -0.2) is 0 Å². The van der Waals surface area contributed by atoms with Gasteiger partial charge in [0.25, 0.3) is 5.56 Å². The Morgan fingerprint density at radius 3 is 2.56 bits per heavy atom. The van der Waals surface area contributed by atoms with Crippen molar-refractivity contribution < 1.29 is 4.42 Å². The Hall–Kier alpha value is -2.66. The first-order chi connectivity index (χ1) is 13.0. The zero-order valence-corrected chi connectivity index (χ0v) is 15.6. The predicted octanol–water partition coefficient (Wildman–Crippen LogP) is 5.29. The molecule has 0 fully saturated rings. The molecule has 0 aliphatic heterocycles. The second-order valence-corrected chi connectivity index (χ2v) is 6.91. The van der Waals surface area contributed by atoms with Crippen molar-refractivity contribution in [2.24, 2.45) is 5.73 Å². The molecular formula is C21H14Cl2N2O2. The summed E-state index contributed by atoms with van der Waals surface area (Å²) >= 11 is 12.1. The molecule has 4 aromatic rings. The quantitative estimate of drug-likeness (QED) is 0.510. The first kappa shape index (κ1) is 17.7. The van der Waals surface area contributed by atoms with Gasteiger partial charge in [0.05, 0.1) is 16.0 Å². The lowest BCUT2D eigenvalue weighted by atomic mass is 10.0. The summed E-state index contributed by atoms with van der Waals surface area (Å²) < 4.78 is 5.83. The minimum Gasteiger partial charge on any atom is -0.437 e. The van der Waals surface area contributed by atoms with Crippen molar-refractivity contribution in [1.82, 2.24) is 4.98 Å². The molecule has 2 N–H and O–H groups in total. The van der Waals surface area contributed by atoms with Crippen molar-refractivity contribution >= 4 is 34.2 Å². The fraction of sp³-hybridized carbons (Fsp3) is 0.0476. The molecule has 0 spiro atoms. The fourth-order valence-electron chi connectivity index (χ4n) is 2.90. The smallest absolute Gasteiger partial charge is 0.284 e. The van der Waals surface area contributed by atoms with Crippen molar-refractivity contribution in [3.05, 3.63) is 86.6 Å². The molecule has 6 heteroatoms. The summed E-state index contributed by atoms with van der Waals surface area (Å²) in [7, 11) is 0. The lowest BCUT2D eigenvalue weighted by Gasteiger charge is -2.07. The van der Waals surface area contributed by atoms with Gasteiger partial charge in [0.15, 0.2) is 0 Å². The summed E-state index contributed by atoms with van der Waals surface area (Å²) in [6, 6.07) is 18.2. The van der Waals surface area contributed by atoms with Crippen molar-refractivity contribution in [2.45, 2.75) is 6.54 Å². The van der Waals surface area contributed by atoms with E-state index >= 15 is 0 Å². The summed E-state index contributed by atoms with van der Waals surface area (Å²) in [6.45, 7) is 0.455. The second kappa shape index (κ2) is 7.16. The molecule has 0 saturated heterocycles. The minimum atomic E-state index is -0.380. The van der Waals surface area contributed by atoms with Gasteiger partial charge in [-0.3, -0.25) is 4.79 Å². The summed E-state index contributed by atoms with van der Waals surface area (Å²) in [4.78, 5) is 16.7. The van der Waals surface area contributed by atoms with Crippen LogP contribution >= 0.6 is 23.2 Å². The van der Waals surface area contributed by atoms with Gasteiger partial charge < -0.3 is 10.2 Å². The zero-order chi connectivity index (χ0) is 19.0. The first-order valence-electron chi connectivity index (χ1n) is 8.25. The second-order valence-electron chi connectivity index (χ2n) is 6.06. The Morgan fingerprint density at radius 2 is 1.78 bits per heavy atom. The molecule has 0 bridgehead atoms. The number of rotatable bonds is 3. The molecule has 0 aliphatic carbocycles. The Bertz CT molecular complexity index is 1220. The van der Waals surface area contributed by atoms with Crippen LogP contribution in [0.5, 0.6) is 0 Å². The Morgan fingerprint density at radius 1 is 0.963 bits per heavy atom. The van der Waals surface area contributed by atoms with E-state index in [1.54, 1.807) is 30.3 Å². The molecule has 0 saturated carbocycles. The van der Waals surface area contributed by atoms with Crippen LogP contribution in [-0.2, 0) is 6.54 Å². The standard InChI is InChI=1S/C21H14Cl2N2O2/c22-15-5-6-16(18(23)10-15)21-25-20(26)17-9-14(4-7-19(17)27-21)13-3-1-2-12(8-13)11-24/h1-10H,11,24H2. The maximum atomic E-state index is 12.6. The van der Waals surface area contributed by atoms with Gasteiger partial charge in [0.2, 0.25) is 5.89 Å². The monoisotopic (exact) mass is 396 g/mol. The largest absolute Gasteiger partial charge is 0.437 e. The fourth-order valence-corrected chi connectivity index (χ4v) is 3.39. The van der Waals surface area contributed by atoms with E-state index in [1.807, 2.05) is 30.3 Å². The van der Waals surface area contributed by atoms with Crippen molar-refractivity contribution in [3.63, 3.8) is 0 Å². The highest BCUT2D eigenvalue weighted by Gasteiger charge is 2.13. The molecule has 0 atom stereocenters. The molecule has 0 amide bonds. The van der Waals surface area contributed by atoms with E-state index in [0.29, 0.717) is 33.1 Å². The van der Waals surface area contributed by atoms with Crippen LogP contribution in [-0.4, -0.2) is 4.98 Å². The van der Waals surface area contributed by atoms with Crippen molar-refractivity contribution in [3.8, 4) is 22.6 Å². The van der Waals surface area contributed by atoms with Crippen LogP contribution in [0.4, 0.5) is 0 Å². The molecule has 4 rings (SSSR count). The van der Waals surface area contributed by atoms with E-state index < -0.39 is 0 Å². The zero-order valence-electron chi connectivity index (χ0n) is 14.1. The van der Waals surface area contributed by atoms with E-state index in [4.69, 9.17) is 33.4 Å². The van der Waals surface area contributed by atoms with Crippen molar-refractivity contribution in [2.75, 3.05) is 0 Å². The lowest BCUT2D eigenvalue weighted by molar-refractivity contribution is 0.595. The van der Waals surface area contributed by atoms with E-state index in [2.05, 4.69) is 4.98 Å². The Labute approximate surface area is 165 Å². The van der Waals surface area contributed by atoms with Gasteiger partial charge in [-0.15, -0.1) is 0 Å². The lowest BCUT2D eigenvalue weighted by Crippen LogP contribution is -2.07. The number of halogens is 2. The molecule has 0 aliphatic rings. The minimum absolute atomic E-state index is 0.159. The number of benzene rings is 3. The molecule has 1 heterocycles. The molecule has 0 unspecified atom stereocenters. The van der Waals surface area contributed by atoms with Gasteiger partial charge in [0.1, 0.15) is 5.58 Å². The van der Waals surface area contributed by atoms with Crippen LogP contribution in [0.25, 0.3) is 33.6 Å². The predicted molar refractivity (Wildman–Crippen MR) is 109 cm³/mol. The third-order valence-corrected chi connectivity index (χ3v) is 4.83. The van der Waals surface area contributed by atoms with E-state index in [0.717, 1.165) is 16.7 Å². The number of hydrogen-bond acceptors (Lipinski definition) is 4. The highest BCUT2D eigenvalue weighted by molar-refractivity contribution is 6.36. The van der Waals surface area contributed by atoms with Crippen LogP contribution in [0.15, 0.2) is 69.9 Å². The van der Waals surface area contributed by atoms with Gasteiger partial charge >= 0.3 is 0 Å². The average molecular weight is 397 g/mol. The molecule has 27 heavy (non-hydrogen) atoms. The number of hydrogen-bond donors (Lipinski definition) is 1. The van der Waals surface area contributed by atoms with Gasteiger partial charge in [0, 0.05) is 11.6 Å². The van der Waals surface area contributed by atoms with Crippen LogP contribution in [0.1, 0.15) is 5.56 Å². The maximum Gasteiger partial charge on any atom is 0.284 e. The molecule has 4 nitrogen and oxygen atoms in total. The molecular weight excluding hydrogens is 383 g/mol. The molecule has 3 aromatic carbocycles. The molecule has 0 radical (unpaired) electrons.